The molecule has 0 aliphatic heterocycles. The first kappa shape index (κ1) is 10.9. The van der Waals surface area contributed by atoms with Gasteiger partial charge in [-0.3, -0.25) is 0 Å². The number of rotatable bonds is 2. The molecule has 0 aromatic heterocycles. The van der Waals surface area contributed by atoms with Crippen LogP contribution in [0.5, 0.6) is 5.75 Å². The Morgan fingerprint density at radius 1 is 1.29 bits per heavy atom. The average Bonchev–Trinajstić information content (AvgIpc) is 2.10. The zero-order valence-corrected chi connectivity index (χ0v) is 7.54. The molecule has 1 rings (SSSR count). The molecule has 0 bridgehead atoms. The third kappa shape index (κ3) is 2.00. The van der Waals surface area contributed by atoms with E-state index in [2.05, 4.69) is 0 Å². The summed E-state index contributed by atoms with van der Waals surface area (Å²) in [4.78, 5) is 0. The van der Waals surface area contributed by atoms with Crippen molar-refractivity contribution in [3.63, 3.8) is 0 Å². The Kier molecular flexibility index (Phi) is 3.03. The molecule has 0 aliphatic rings. The average molecular weight is 203 g/mol. The van der Waals surface area contributed by atoms with Crippen LogP contribution in [-0.4, -0.2) is 16.3 Å². The number of nitrogens with two attached hydrogens (primary N) is 1. The van der Waals surface area contributed by atoms with E-state index in [1.165, 1.54) is 6.92 Å². The van der Waals surface area contributed by atoms with Crippen molar-refractivity contribution in [1.29, 1.82) is 0 Å². The number of phenolic OH excluding ortho intramolecular Hbond substituents is 1. The molecule has 3 nitrogen and oxygen atoms in total. The van der Waals surface area contributed by atoms with Crippen LogP contribution in [0.15, 0.2) is 12.1 Å². The topological polar surface area (TPSA) is 66.5 Å². The van der Waals surface area contributed by atoms with Gasteiger partial charge in [0.15, 0.2) is 11.6 Å². The third-order valence-electron chi connectivity index (χ3n) is 1.89. The molecule has 0 aliphatic carbocycles. The summed E-state index contributed by atoms with van der Waals surface area (Å²) >= 11 is 0. The summed E-state index contributed by atoms with van der Waals surface area (Å²) in [5.74, 6) is -2.80. The van der Waals surface area contributed by atoms with Crippen LogP contribution >= 0.6 is 0 Å². The maximum Gasteiger partial charge on any atom is 0.162 e. The predicted octanol–water partition coefficient (Wildman–Crippen LogP) is 1.05. The number of hydrogen-bond donors (Lipinski definition) is 3. The summed E-state index contributed by atoms with van der Waals surface area (Å²) in [7, 11) is 0. The Morgan fingerprint density at radius 3 is 2.29 bits per heavy atom. The Bertz CT molecular complexity index is 342. The van der Waals surface area contributed by atoms with Gasteiger partial charge in [-0.25, -0.2) is 8.78 Å². The molecule has 0 heterocycles. The number of hydrogen-bond acceptors (Lipinski definition) is 3. The Labute approximate surface area is 79.8 Å². The van der Waals surface area contributed by atoms with Crippen LogP contribution in [0.4, 0.5) is 8.78 Å². The number of benzene rings is 1. The van der Waals surface area contributed by atoms with Crippen molar-refractivity contribution in [2.24, 2.45) is 5.73 Å². The fourth-order valence-electron chi connectivity index (χ4n) is 1.07. The maximum atomic E-state index is 12.7. The minimum absolute atomic E-state index is 0.112. The van der Waals surface area contributed by atoms with Gasteiger partial charge in [0, 0.05) is 17.7 Å². The molecule has 0 saturated heterocycles. The molecule has 0 fully saturated rings. The summed E-state index contributed by atoms with van der Waals surface area (Å²) in [5, 5.41) is 18.6. The summed E-state index contributed by atoms with van der Waals surface area (Å²) in [6, 6.07) is 0.667. The monoisotopic (exact) mass is 203 g/mol. The van der Waals surface area contributed by atoms with Crippen LogP contribution < -0.4 is 5.73 Å². The fourth-order valence-corrected chi connectivity index (χ4v) is 1.07. The molecule has 14 heavy (non-hydrogen) atoms. The summed E-state index contributed by atoms with van der Waals surface area (Å²) < 4.78 is 25.3. The number of halogens is 2. The second-order valence-corrected chi connectivity index (χ2v) is 3.13. The van der Waals surface area contributed by atoms with E-state index < -0.39 is 29.5 Å². The van der Waals surface area contributed by atoms with Gasteiger partial charge in [0.2, 0.25) is 0 Å². The molecule has 4 N–H and O–H groups in total. The third-order valence-corrected chi connectivity index (χ3v) is 1.89. The molecule has 0 spiro atoms. The molecule has 0 saturated carbocycles. The molecule has 0 amide bonds. The lowest BCUT2D eigenvalue weighted by molar-refractivity contribution is 0.149. The highest BCUT2D eigenvalue weighted by molar-refractivity contribution is 5.35. The van der Waals surface area contributed by atoms with Gasteiger partial charge in [-0.1, -0.05) is 0 Å². The summed E-state index contributed by atoms with van der Waals surface area (Å²) in [5.41, 5.74) is 5.24. The largest absolute Gasteiger partial charge is 0.507 e. The molecule has 1 aromatic carbocycles. The van der Waals surface area contributed by atoms with Crippen LogP contribution in [0, 0.1) is 11.6 Å². The van der Waals surface area contributed by atoms with Gasteiger partial charge in [0.25, 0.3) is 0 Å². The SMILES string of the molecule is C[C@H](N)[C@@H](O)c1cc(F)c(F)cc1O. The molecule has 2 atom stereocenters. The Hall–Kier alpha value is -1.20. The highest BCUT2D eigenvalue weighted by Gasteiger charge is 2.19. The van der Waals surface area contributed by atoms with E-state index in [9.17, 15) is 19.0 Å². The zero-order chi connectivity index (χ0) is 10.9. The van der Waals surface area contributed by atoms with E-state index in [0.29, 0.717) is 6.07 Å². The number of aliphatic hydroxyl groups is 1. The van der Waals surface area contributed by atoms with E-state index in [1.807, 2.05) is 0 Å². The number of aliphatic hydroxyl groups excluding tert-OH is 1. The second kappa shape index (κ2) is 3.89. The summed E-state index contributed by atoms with van der Waals surface area (Å²) in [6.07, 6.45) is -1.22. The van der Waals surface area contributed by atoms with Crippen LogP contribution in [0.2, 0.25) is 0 Å². The lowest BCUT2D eigenvalue weighted by atomic mass is 10.0. The van der Waals surface area contributed by atoms with E-state index in [4.69, 9.17) is 5.73 Å². The zero-order valence-electron chi connectivity index (χ0n) is 7.54. The van der Waals surface area contributed by atoms with Crippen molar-refractivity contribution >= 4 is 0 Å². The predicted molar refractivity (Wildman–Crippen MR) is 46.6 cm³/mol. The van der Waals surface area contributed by atoms with Crippen LogP contribution in [0.3, 0.4) is 0 Å². The molecule has 1 aromatic rings. The van der Waals surface area contributed by atoms with E-state index in [0.717, 1.165) is 6.07 Å². The van der Waals surface area contributed by atoms with E-state index in [1.54, 1.807) is 0 Å². The van der Waals surface area contributed by atoms with Crippen molar-refractivity contribution in [1.82, 2.24) is 0 Å². The van der Waals surface area contributed by atoms with Crippen molar-refractivity contribution in [2.75, 3.05) is 0 Å². The van der Waals surface area contributed by atoms with Crippen molar-refractivity contribution < 1.29 is 19.0 Å². The normalized spacial score (nSPS) is 15.2. The smallest absolute Gasteiger partial charge is 0.162 e. The fraction of sp³-hybridized carbons (Fsp3) is 0.333. The number of aromatic hydroxyl groups is 1. The van der Waals surface area contributed by atoms with Crippen molar-refractivity contribution in [3.05, 3.63) is 29.3 Å². The lowest BCUT2D eigenvalue weighted by Crippen LogP contribution is -2.24. The maximum absolute atomic E-state index is 12.7. The van der Waals surface area contributed by atoms with Crippen LogP contribution in [-0.2, 0) is 0 Å². The highest BCUT2D eigenvalue weighted by atomic mass is 19.2. The number of phenols is 1. The van der Waals surface area contributed by atoms with Crippen LogP contribution in [0.1, 0.15) is 18.6 Å². The van der Waals surface area contributed by atoms with Gasteiger partial charge in [-0.15, -0.1) is 0 Å². The van der Waals surface area contributed by atoms with Gasteiger partial charge in [0.1, 0.15) is 5.75 Å². The standard InChI is InChI=1S/C9H11F2NO2/c1-4(12)9(14)5-2-6(10)7(11)3-8(5)13/h2-4,9,13-14H,12H2,1H3/t4-,9+/m0/s1. The summed E-state index contributed by atoms with van der Waals surface area (Å²) in [6.45, 7) is 1.49. The van der Waals surface area contributed by atoms with Gasteiger partial charge < -0.3 is 15.9 Å². The van der Waals surface area contributed by atoms with Crippen molar-refractivity contribution in [3.8, 4) is 5.75 Å². The molecular formula is C9H11F2NO2. The first-order valence-electron chi connectivity index (χ1n) is 4.05. The quantitative estimate of drug-likeness (QED) is 0.673. The molecular weight excluding hydrogens is 192 g/mol. The van der Waals surface area contributed by atoms with Crippen LogP contribution in [0.25, 0.3) is 0 Å². The molecule has 0 unspecified atom stereocenters. The Balaban J connectivity index is 3.15. The lowest BCUT2D eigenvalue weighted by Gasteiger charge is -2.16. The minimum Gasteiger partial charge on any atom is -0.507 e. The van der Waals surface area contributed by atoms with E-state index >= 15 is 0 Å². The van der Waals surface area contributed by atoms with Gasteiger partial charge in [0.05, 0.1) is 6.10 Å². The Morgan fingerprint density at radius 2 is 1.79 bits per heavy atom. The molecule has 0 radical (unpaired) electrons. The van der Waals surface area contributed by atoms with Crippen molar-refractivity contribution in [2.45, 2.75) is 19.1 Å². The van der Waals surface area contributed by atoms with E-state index in [-0.39, 0.29) is 5.56 Å². The van der Waals surface area contributed by atoms with Gasteiger partial charge in [-0.2, -0.15) is 0 Å². The highest BCUT2D eigenvalue weighted by Crippen LogP contribution is 2.27. The first-order valence-corrected chi connectivity index (χ1v) is 4.05. The minimum atomic E-state index is -1.22. The molecule has 5 heteroatoms. The first-order chi connectivity index (χ1) is 6.43. The second-order valence-electron chi connectivity index (χ2n) is 3.13. The van der Waals surface area contributed by atoms with Gasteiger partial charge in [-0.05, 0) is 13.0 Å². The molecule has 78 valence electrons. The van der Waals surface area contributed by atoms with Gasteiger partial charge >= 0.3 is 0 Å².